The van der Waals surface area contributed by atoms with Gasteiger partial charge in [-0.2, -0.15) is 0 Å². The van der Waals surface area contributed by atoms with Crippen molar-refractivity contribution in [2.45, 2.75) is 25.4 Å². The predicted octanol–water partition coefficient (Wildman–Crippen LogP) is 3.20. The number of nitrogens with one attached hydrogen (secondary N) is 1. The maximum absolute atomic E-state index is 12.7. The number of hydrogen-bond donors (Lipinski definition) is 1. The lowest BCUT2D eigenvalue weighted by Crippen LogP contribution is -2.39. The molecule has 0 saturated carbocycles. The van der Waals surface area contributed by atoms with E-state index in [2.05, 4.69) is 16.3 Å². The van der Waals surface area contributed by atoms with Crippen molar-refractivity contribution in [2.75, 3.05) is 13.1 Å². The summed E-state index contributed by atoms with van der Waals surface area (Å²) < 4.78 is 0. The normalized spacial score (nSPS) is 16.8. The summed E-state index contributed by atoms with van der Waals surface area (Å²) in [7, 11) is 0. The van der Waals surface area contributed by atoms with E-state index in [0.717, 1.165) is 18.7 Å². The van der Waals surface area contributed by atoms with Gasteiger partial charge in [0.05, 0.1) is 6.54 Å². The molecule has 1 saturated heterocycles. The van der Waals surface area contributed by atoms with Gasteiger partial charge >= 0.3 is 0 Å². The first-order valence-corrected chi connectivity index (χ1v) is 8.31. The zero-order valence-electron chi connectivity index (χ0n) is 12.0. The Morgan fingerprint density at radius 3 is 2.57 bits per heavy atom. The number of amides is 1. The van der Waals surface area contributed by atoms with Crippen molar-refractivity contribution in [3.05, 3.63) is 58.3 Å². The Hall–Kier alpha value is -1.65. The van der Waals surface area contributed by atoms with Gasteiger partial charge in [0.1, 0.15) is 6.04 Å². The fourth-order valence-electron chi connectivity index (χ4n) is 2.85. The van der Waals surface area contributed by atoms with Crippen molar-refractivity contribution < 1.29 is 4.79 Å². The number of carbonyl (C=O) groups is 1. The number of nitrogens with zero attached hydrogens (tertiary/aromatic N) is 1. The Bertz CT molecular complexity index is 562. The summed E-state index contributed by atoms with van der Waals surface area (Å²) in [4.78, 5) is 16.2. The van der Waals surface area contributed by atoms with E-state index in [1.807, 2.05) is 41.8 Å². The number of thiophene rings is 1. The first kappa shape index (κ1) is 14.3. The second kappa shape index (κ2) is 6.87. The van der Waals surface area contributed by atoms with E-state index in [1.165, 1.54) is 17.7 Å². The Kier molecular flexibility index (Phi) is 4.68. The molecule has 1 aliphatic heterocycles. The summed E-state index contributed by atoms with van der Waals surface area (Å²) in [6, 6.07) is 14.0. The maximum Gasteiger partial charge on any atom is 0.242 e. The molecule has 1 amide bonds. The minimum absolute atomic E-state index is 0.108. The van der Waals surface area contributed by atoms with Gasteiger partial charge in [0.2, 0.25) is 5.91 Å². The van der Waals surface area contributed by atoms with Crippen LogP contribution in [0, 0.1) is 0 Å². The molecule has 1 atom stereocenters. The molecule has 0 unspecified atom stereocenters. The predicted molar refractivity (Wildman–Crippen MR) is 86.2 cm³/mol. The zero-order valence-corrected chi connectivity index (χ0v) is 12.8. The second-order valence-corrected chi connectivity index (χ2v) is 6.39. The lowest BCUT2D eigenvalue weighted by molar-refractivity contribution is -0.126. The van der Waals surface area contributed by atoms with Crippen LogP contribution in [0.1, 0.15) is 29.3 Å². The van der Waals surface area contributed by atoms with Gasteiger partial charge in [-0.25, -0.2) is 0 Å². The molecule has 1 N–H and O–H groups in total. The van der Waals surface area contributed by atoms with Crippen LogP contribution in [0.5, 0.6) is 0 Å². The molecular formula is C17H20N2OS. The Morgan fingerprint density at radius 2 is 1.90 bits per heavy atom. The van der Waals surface area contributed by atoms with Crippen molar-refractivity contribution in [3.8, 4) is 0 Å². The van der Waals surface area contributed by atoms with Crippen molar-refractivity contribution in [1.29, 1.82) is 0 Å². The minimum atomic E-state index is -0.159. The molecule has 110 valence electrons. The van der Waals surface area contributed by atoms with Crippen molar-refractivity contribution in [1.82, 2.24) is 10.2 Å². The molecule has 0 aliphatic carbocycles. The average molecular weight is 300 g/mol. The second-order valence-electron chi connectivity index (χ2n) is 5.35. The number of carbonyl (C=O) groups excluding carboxylic acids is 1. The van der Waals surface area contributed by atoms with E-state index in [0.29, 0.717) is 6.54 Å². The molecule has 1 aliphatic rings. The molecule has 0 spiro atoms. The lowest BCUT2D eigenvalue weighted by Gasteiger charge is -2.26. The Morgan fingerprint density at radius 1 is 1.14 bits per heavy atom. The molecular weight excluding hydrogens is 280 g/mol. The van der Waals surface area contributed by atoms with Crippen LogP contribution in [0.15, 0.2) is 47.8 Å². The highest BCUT2D eigenvalue weighted by Gasteiger charge is 2.29. The molecule has 21 heavy (non-hydrogen) atoms. The van der Waals surface area contributed by atoms with Crippen LogP contribution in [0.3, 0.4) is 0 Å². The van der Waals surface area contributed by atoms with Crippen LogP contribution in [0.2, 0.25) is 0 Å². The van der Waals surface area contributed by atoms with Crippen LogP contribution in [0.25, 0.3) is 0 Å². The highest BCUT2D eigenvalue weighted by atomic mass is 32.1. The third kappa shape index (κ3) is 3.52. The van der Waals surface area contributed by atoms with Crippen LogP contribution < -0.4 is 5.32 Å². The van der Waals surface area contributed by atoms with Gasteiger partial charge in [-0.1, -0.05) is 36.4 Å². The Balaban J connectivity index is 1.73. The quantitative estimate of drug-likeness (QED) is 0.919. The van der Waals surface area contributed by atoms with Gasteiger partial charge < -0.3 is 5.32 Å². The van der Waals surface area contributed by atoms with Gasteiger partial charge in [-0.05, 0) is 42.9 Å². The summed E-state index contributed by atoms with van der Waals surface area (Å²) in [5, 5.41) is 5.13. The van der Waals surface area contributed by atoms with Gasteiger partial charge in [-0.15, -0.1) is 11.3 Å². The van der Waals surface area contributed by atoms with Crippen molar-refractivity contribution in [2.24, 2.45) is 0 Å². The number of likely N-dealkylation sites (tertiary alicyclic amines) is 1. The van der Waals surface area contributed by atoms with Gasteiger partial charge in [0.15, 0.2) is 0 Å². The van der Waals surface area contributed by atoms with E-state index in [-0.39, 0.29) is 11.9 Å². The van der Waals surface area contributed by atoms with E-state index < -0.39 is 0 Å². The highest BCUT2D eigenvalue weighted by Crippen LogP contribution is 2.25. The van der Waals surface area contributed by atoms with Gasteiger partial charge in [0.25, 0.3) is 0 Å². The summed E-state index contributed by atoms with van der Waals surface area (Å²) in [6.45, 7) is 2.63. The molecule has 4 heteroatoms. The van der Waals surface area contributed by atoms with Crippen LogP contribution in [-0.2, 0) is 11.3 Å². The van der Waals surface area contributed by atoms with Crippen molar-refractivity contribution >= 4 is 17.2 Å². The van der Waals surface area contributed by atoms with Crippen LogP contribution in [0.4, 0.5) is 0 Å². The SMILES string of the molecule is O=C(NCc1cccs1)[C@H](c1ccccc1)N1CCCC1. The molecule has 1 aromatic heterocycles. The third-order valence-corrected chi connectivity index (χ3v) is 4.76. The lowest BCUT2D eigenvalue weighted by atomic mass is 10.0. The first-order valence-electron chi connectivity index (χ1n) is 7.44. The summed E-state index contributed by atoms with van der Waals surface area (Å²) in [5.41, 5.74) is 1.09. The summed E-state index contributed by atoms with van der Waals surface area (Å²) >= 11 is 1.68. The Labute approximate surface area is 129 Å². The summed E-state index contributed by atoms with van der Waals surface area (Å²) in [5.74, 6) is 0.108. The van der Waals surface area contributed by atoms with E-state index in [1.54, 1.807) is 11.3 Å². The number of rotatable bonds is 5. The standard InChI is InChI=1S/C17H20N2OS/c20-17(18-13-15-9-6-12-21-15)16(19-10-4-5-11-19)14-7-2-1-3-8-14/h1-3,6-9,12,16H,4-5,10-11,13H2,(H,18,20)/t16-/m0/s1. The van der Waals surface area contributed by atoms with Gasteiger partial charge in [0, 0.05) is 4.88 Å². The highest BCUT2D eigenvalue weighted by molar-refractivity contribution is 7.09. The smallest absolute Gasteiger partial charge is 0.242 e. The number of benzene rings is 1. The van der Waals surface area contributed by atoms with E-state index in [4.69, 9.17) is 0 Å². The summed E-state index contributed by atoms with van der Waals surface area (Å²) in [6.07, 6.45) is 2.36. The minimum Gasteiger partial charge on any atom is -0.350 e. The fraction of sp³-hybridized carbons (Fsp3) is 0.353. The molecule has 0 radical (unpaired) electrons. The molecule has 3 nitrogen and oxygen atoms in total. The first-order chi connectivity index (χ1) is 10.3. The molecule has 1 aromatic carbocycles. The molecule has 1 fully saturated rings. The fourth-order valence-corrected chi connectivity index (χ4v) is 3.49. The topological polar surface area (TPSA) is 32.3 Å². The van der Waals surface area contributed by atoms with Crippen molar-refractivity contribution in [3.63, 3.8) is 0 Å². The third-order valence-electron chi connectivity index (χ3n) is 3.89. The monoisotopic (exact) mass is 300 g/mol. The molecule has 0 bridgehead atoms. The largest absolute Gasteiger partial charge is 0.350 e. The van der Waals surface area contributed by atoms with E-state index >= 15 is 0 Å². The zero-order chi connectivity index (χ0) is 14.5. The van der Waals surface area contributed by atoms with Gasteiger partial charge in [-0.3, -0.25) is 9.69 Å². The van der Waals surface area contributed by atoms with E-state index in [9.17, 15) is 4.79 Å². The van der Waals surface area contributed by atoms with Crippen LogP contribution >= 0.6 is 11.3 Å². The maximum atomic E-state index is 12.7. The molecule has 2 heterocycles. The molecule has 3 rings (SSSR count). The molecule has 2 aromatic rings. The van der Waals surface area contributed by atoms with Crippen LogP contribution in [-0.4, -0.2) is 23.9 Å². The average Bonchev–Trinajstić information content (AvgIpc) is 3.20. The number of hydrogen-bond acceptors (Lipinski definition) is 3.